The molecule has 0 saturated heterocycles. The Balaban J connectivity index is 2.87. The number of aromatic nitrogens is 3. The van der Waals surface area contributed by atoms with Gasteiger partial charge >= 0.3 is 5.69 Å². The highest BCUT2D eigenvalue weighted by atomic mass is 35.5. The van der Waals surface area contributed by atoms with Gasteiger partial charge in [-0.25, -0.2) is 18.4 Å². The maximum atomic E-state index is 13.9. The van der Waals surface area contributed by atoms with Gasteiger partial charge in [-0.05, 0) is 12.2 Å². The Kier molecular flexibility index (Phi) is 3.48. The monoisotopic (exact) mass is 318 g/mol. The lowest BCUT2D eigenvalue weighted by atomic mass is 10.2. The molecule has 7 nitrogen and oxygen atoms in total. The van der Waals surface area contributed by atoms with Gasteiger partial charge in [0.2, 0.25) is 4.77 Å². The van der Waals surface area contributed by atoms with E-state index in [1.54, 1.807) is 0 Å². The van der Waals surface area contributed by atoms with Crippen molar-refractivity contribution in [3.8, 4) is 5.69 Å². The maximum absolute atomic E-state index is 13.9. The second-order valence-electron chi connectivity index (χ2n) is 3.96. The SMILES string of the molecule is Cn1c(=O)n(-c2cc([N+](=O)[O-])c(Cl)cc2F)c(=S)n1C. The molecule has 0 N–H and O–H groups in total. The molecule has 0 aliphatic heterocycles. The fraction of sp³-hybridized carbons (Fsp3) is 0.200. The van der Waals surface area contributed by atoms with Crippen LogP contribution < -0.4 is 5.69 Å². The summed E-state index contributed by atoms with van der Waals surface area (Å²) in [5, 5.41) is 10.5. The van der Waals surface area contributed by atoms with E-state index in [9.17, 15) is 19.3 Å². The standard InChI is InChI=1S/C10H8ClFN4O3S/c1-13-9(17)15(10(20)14(13)2)8-4-7(16(18)19)5(11)3-6(8)12/h3-4H,1-2H3. The molecule has 0 amide bonds. The van der Waals surface area contributed by atoms with Gasteiger partial charge in [-0.15, -0.1) is 0 Å². The normalized spacial score (nSPS) is 10.8. The molecule has 106 valence electrons. The third kappa shape index (κ3) is 2.04. The van der Waals surface area contributed by atoms with Crippen molar-refractivity contribution in [2.45, 2.75) is 0 Å². The van der Waals surface area contributed by atoms with E-state index in [-0.39, 0.29) is 15.5 Å². The third-order valence-corrected chi connectivity index (χ3v) is 3.59. The Labute approximate surface area is 121 Å². The molecule has 1 heterocycles. The molecule has 0 aliphatic carbocycles. The molecular formula is C10H8ClFN4O3S. The van der Waals surface area contributed by atoms with Gasteiger partial charge in [0.25, 0.3) is 5.69 Å². The Hall–Kier alpha value is -2.00. The summed E-state index contributed by atoms with van der Waals surface area (Å²) in [6.07, 6.45) is 0. The lowest BCUT2D eigenvalue weighted by molar-refractivity contribution is -0.384. The first kappa shape index (κ1) is 14.4. The smallest absolute Gasteiger partial charge is 0.259 e. The number of nitrogens with zero attached hydrogens (tertiary/aromatic N) is 4. The van der Waals surface area contributed by atoms with Gasteiger partial charge < -0.3 is 0 Å². The summed E-state index contributed by atoms with van der Waals surface area (Å²) in [6.45, 7) is 0. The van der Waals surface area contributed by atoms with E-state index < -0.39 is 22.1 Å². The average Bonchev–Trinajstić information content (AvgIpc) is 2.55. The van der Waals surface area contributed by atoms with Crippen LogP contribution in [0.1, 0.15) is 0 Å². The zero-order chi connectivity index (χ0) is 15.2. The number of benzene rings is 1. The van der Waals surface area contributed by atoms with Gasteiger partial charge in [0.1, 0.15) is 10.8 Å². The molecule has 0 atom stereocenters. The maximum Gasteiger partial charge on any atom is 0.349 e. The predicted octanol–water partition coefficient (Wildman–Crippen LogP) is 1.94. The van der Waals surface area contributed by atoms with Crippen LogP contribution in [0.4, 0.5) is 10.1 Å². The van der Waals surface area contributed by atoms with Crippen molar-refractivity contribution in [3.63, 3.8) is 0 Å². The minimum absolute atomic E-state index is 0.00743. The average molecular weight is 319 g/mol. The zero-order valence-corrected chi connectivity index (χ0v) is 11.9. The molecule has 0 aliphatic rings. The predicted molar refractivity (Wildman–Crippen MR) is 72.4 cm³/mol. The van der Waals surface area contributed by atoms with Gasteiger partial charge in [-0.1, -0.05) is 11.6 Å². The van der Waals surface area contributed by atoms with Gasteiger partial charge in [0.15, 0.2) is 0 Å². The van der Waals surface area contributed by atoms with E-state index >= 15 is 0 Å². The Morgan fingerprint density at radius 3 is 2.40 bits per heavy atom. The van der Waals surface area contributed by atoms with E-state index in [1.807, 2.05) is 0 Å². The highest BCUT2D eigenvalue weighted by molar-refractivity contribution is 7.71. The van der Waals surface area contributed by atoms with Crippen molar-refractivity contribution in [1.29, 1.82) is 0 Å². The Morgan fingerprint density at radius 1 is 1.35 bits per heavy atom. The molecule has 0 spiro atoms. The van der Waals surface area contributed by atoms with Crippen molar-refractivity contribution >= 4 is 29.5 Å². The van der Waals surface area contributed by atoms with Crippen LogP contribution in [0.2, 0.25) is 5.02 Å². The molecule has 0 saturated carbocycles. The second kappa shape index (κ2) is 4.84. The third-order valence-electron chi connectivity index (χ3n) is 2.84. The lowest BCUT2D eigenvalue weighted by Gasteiger charge is -2.04. The van der Waals surface area contributed by atoms with Crippen LogP contribution in [0, 0.1) is 20.7 Å². The Bertz CT molecular complexity index is 805. The van der Waals surface area contributed by atoms with Crippen molar-refractivity contribution in [1.82, 2.24) is 13.9 Å². The molecule has 1 aromatic carbocycles. The summed E-state index contributed by atoms with van der Waals surface area (Å²) in [5.41, 5.74) is -1.43. The van der Waals surface area contributed by atoms with E-state index in [4.69, 9.17) is 23.8 Å². The molecule has 0 radical (unpaired) electrons. The summed E-state index contributed by atoms with van der Waals surface area (Å²) < 4.78 is 17.3. The first-order chi connectivity index (χ1) is 9.25. The van der Waals surface area contributed by atoms with Gasteiger partial charge in [0, 0.05) is 26.2 Å². The zero-order valence-electron chi connectivity index (χ0n) is 10.3. The van der Waals surface area contributed by atoms with E-state index in [0.717, 1.165) is 21.4 Å². The summed E-state index contributed by atoms with van der Waals surface area (Å²) >= 11 is 10.6. The fourth-order valence-corrected chi connectivity index (χ4v) is 2.19. The molecule has 2 rings (SSSR count). The first-order valence-electron chi connectivity index (χ1n) is 5.24. The van der Waals surface area contributed by atoms with Crippen LogP contribution in [0.3, 0.4) is 0 Å². The number of hydrogen-bond acceptors (Lipinski definition) is 4. The number of hydrogen-bond donors (Lipinski definition) is 0. The van der Waals surface area contributed by atoms with E-state index in [0.29, 0.717) is 0 Å². The molecule has 0 unspecified atom stereocenters. The highest BCUT2D eigenvalue weighted by Gasteiger charge is 2.21. The number of rotatable bonds is 2. The number of nitro benzene ring substituents is 1. The number of halogens is 2. The molecular weight excluding hydrogens is 311 g/mol. The minimum atomic E-state index is -0.875. The summed E-state index contributed by atoms with van der Waals surface area (Å²) in [6, 6.07) is 1.66. The summed E-state index contributed by atoms with van der Waals surface area (Å²) in [4.78, 5) is 22.1. The molecule has 0 bridgehead atoms. The van der Waals surface area contributed by atoms with E-state index in [1.165, 1.54) is 18.8 Å². The van der Waals surface area contributed by atoms with E-state index in [2.05, 4.69) is 0 Å². The van der Waals surface area contributed by atoms with Crippen molar-refractivity contribution in [2.24, 2.45) is 14.1 Å². The largest absolute Gasteiger partial charge is 0.349 e. The fourth-order valence-electron chi connectivity index (χ4n) is 1.67. The summed E-state index contributed by atoms with van der Waals surface area (Å²) in [7, 11) is 2.96. The highest BCUT2D eigenvalue weighted by Crippen LogP contribution is 2.28. The lowest BCUT2D eigenvalue weighted by Crippen LogP contribution is -2.23. The first-order valence-corrected chi connectivity index (χ1v) is 6.03. The minimum Gasteiger partial charge on any atom is -0.259 e. The van der Waals surface area contributed by atoms with Crippen molar-refractivity contribution in [2.75, 3.05) is 0 Å². The van der Waals surface area contributed by atoms with Crippen LogP contribution in [0.15, 0.2) is 16.9 Å². The van der Waals surface area contributed by atoms with Crippen LogP contribution in [-0.4, -0.2) is 18.9 Å². The van der Waals surface area contributed by atoms with Crippen LogP contribution in [0.5, 0.6) is 0 Å². The van der Waals surface area contributed by atoms with Crippen LogP contribution in [0.25, 0.3) is 5.69 Å². The molecule has 0 fully saturated rings. The van der Waals surface area contributed by atoms with Crippen LogP contribution >= 0.6 is 23.8 Å². The molecule has 10 heteroatoms. The molecule has 2 aromatic rings. The summed E-state index contributed by atoms with van der Waals surface area (Å²) in [5.74, 6) is -0.875. The van der Waals surface area contributed by atoms with Crippen molar-refractivity contribution < 1.29 is 9.31 Å². The van der Waals surface area contributed by atoms with Crippen molar-refractivity contribution in [3.05, 3.63) is 48.3 Å². The second-order valence-corrected chi connectivity index (χ2v) is 4.73. The molecule has 1 aromatic heterocycles. The Morgan fingerprint density at radius 2 is 1.95 bits per heavy atom. The van der Waals surface area contributed by atoms with Gasteiger partial charge in [0.05, 0.1) is 10.6 Å². The van der Waals surface area contributed by atoms with Gasteiger partial charge in [-0.2, -0.15) is 0 Å². The molecule has 20 heavy (non-hydrogen) atoms. The number of nitro groups is 1. The van der Waals surface area contributed by atoms with Gasteiger partial charge in [-0.3, -0.25) is 14.8 Å². The topological polar surface area (TPSA) is 75.0 Å². The quantitative estimate of drug-likeness (QED) is 0.482. The van der Waals surface area contributed by atoms with Crippen LogP contribution in [-0.2, 0) is 14.1 Å².